The smallest absolute Gasteiger partial charge is 0.417 e. The fourth-order valence-corrected chi connectivity index (χ4v) is 2.70. The molecule has 2 aromatic carbocycles. The summed E-state index contributed by atoms with van der Waals surface area (Å²) in [6.45, 7) is 7.79. The van der Waals surface area contributed by atoms with Crippen LogP contribution < -0.4 is 0 Å². The van der Waals surface area contributed by atoms with E-state index in [1.807, 2.05) is 45.0 Å². The van der Waals surface area contributed by atoms with Gasteiger partial charge >= 0.3 is 6.47 Å². The zero-order valence-corrected chi connectivity index (χ0v) is 14.1. The second kappa shape index (κ2) is 7.77. The van der Waals surface area contributed by atoms with Crippen LogP contribution in [-0.4, -0.2) is 25.2 Å². The molecule has 3 rings (SSSR count). The highest BCUT2D eigenvalue weighted by Crippen LogP contribution is 2.44. The SMILES string of the molecule is CC(C)(C)OC=O.O=[C]OCC1c2ccccc2-c2ccccc21. The maximum atomic E-state index is 10.2. The first-order valence-corrected chi connectivity index (χ1v) is 7.76. The van der Waals surface area contributed by atoms with Crippen LogP contribution in [0.25, 0.3) is 11.1 Å². The van der Waals surface area contributed by atoms with Crippen LogP contribution in [-0.2, 0) is 19.1 Å². The topological polar surface area (TPSA) is 52.6 Å². The maximum absolute atomic E-state index is 10.2. The van der Waals surface area contributed by atoms with E-state index in [4.69, 9.17) is 4.74 Å². The minimum Gasteiger partial charge on any atom is -0.462 e. The molecule has 0 unspecified atom stereocenters. The Morgan fingerprint density at radius 3 is 1.88 bits per heavy atom. The molecule has 0 spiro atoms. The van der Waals surface area contributed by atoms with Gasteiger partial charge in [0.05, 0.1) is 0 Å². The van der Waals surface area contributed by atoms with Gasteiger partial charge in [-0.25, -0.2) is 4.79 Å². The van der Waals surface area contributed by atoms with Gasteiger partial charge < -0.3 is 9.47 Å². The van der Waals surface area contributed by atoms with Gasteiger partial charge in [0, 0.05) is 5.92 Å². The molecular formula is C20H21O4. The summed E-state index contributed by atoms with van der Waals surface area (Å²) in [7, 11) is 0. The Morgan fingerprint density at radius 1 is 1.00 bits per heavy atom. The van der Waals surface area contributed by atoms with Crippen molar-refractivity contribution in [2.75, 3.05) is 6.61 Å². The summed E-state index contributed by atoms with van der Waals surface area (Å²) in [4.78, 5) is 19.8. The molecule has 24 heavy (non-hydrogen) atoms. The lowest BCUT2D eigenvalue weighted by Crippen LogP contribution is -2.17. The zero-order chi connectivity index (χ0) is 17.6. The van der Waals surface area contributed by atoms with E-state index in [1.54, 1.807) is 0 Å². The number of hydrogen-bond acceptors (Lipinski definition) is 4. The van der Waals surface area contributed by atoms with Crippen LogP contribution in [0.15, 0.2) is 48.5 Å². The van der Waals surface area contributed by atoms with E-state index in [0.29, 0.717) is 13.1 Å². The number of ether oxygens (including phenoxy) is 2. The second-order valence-corrected chi connectivity index (χ2v) is 6.45. The summed E-state index contributed by atoms with van der Waals surface area (Å²) in [6, 6.07) is 16.5. The van der Waals surface area contributed by atoms with Crippen molar-refractivity contribution in [2.24, 2.45) is 0 Å². The highest BCUT2D eigenvalue weighted by molar-refractivity contribution is 5.78. The molecule has 1 aliphatic carbocycles. The van der Waals surface area contributed by atoms with E-state index in [9.17, 15) is 9.59 Å². The molecule has 125 valence electrons. The van der Waals surface area contributed by atoms with E-state index in [0.717, 1.165) is 0 Å². The molecule has 1 aliphatic rings. The third-order valence-corrected chi connectivity index (χ3v) is 3.67. The first kappa shape index (κ1) is 17.7. The molecule has 2 aromatic rings. The Labute approximate surface area is 142 Å². The molecule has 0 aromatic heterocycles. The molecule has 1 radical (unpaired) electrons. The van der Waals surface area contributed by atoms with Gasteiger partial charge in [-0.2, -0.15) is 0 Å². The average Bonchev–Trinajstić information content (AvgIpc) is 2.87. The Kier molecular flexibility index (Phi) is 5.74. The van der Waals surface area contributed by atoms with Gasteiger partial charge in [-0.1, -0.05) is 48.5 Å². The fourth-order valence-electron chi connectivity index (χ4n) is 2.70. The van der Waals surface area contributed by atoms with Crippen LogP contribution in [0, 0.1) is 0 Å². The van der Waals surface area contributed by atoms with Crippen molar-refractivity contribution in [2.45, 2.75) is 32.3 Å². The summed E-state index contributed by atoms with van der Waals surface area (Å²) in [6.07, 6.45) is 0. The van der Waals surface area contributed by atoms with Crippen molar-refractivity contribution < 1.29 is 19.1 Å². The first-order valence-electron chi connectivity index (χ1n) is 7.76. The number of carbonyl (C=O) groups excluding carboxylic acids is 2. The zero-order valence-electron chi connectivity index (χ0n) is 14.1. The van der Waals surface area contributed by atoms with Crippen LogP contribution >= 0.6 is 0 Å². The molecule has 0 saturated heterocycles. The fraction of sp³-hybridized carbons (Fsp3) is 0.300. The van der Waals surface area contributed by atoms with Gasteiger partial charge in [-0.15, -0.1) is 0 Å². The first-order chi connectivity index (χ1) is 11.5. The summed E-state index contributed by atoms with van der Waals surface area (Å²) in [5.74, 6) is 0.142. The Balaban J connectivity index is 0.000000256. The third-order valence-electron chi connectivity index (χ3n) is 3.67. The van der Waals surface area contributed by atoms with Crippen molar-refractivity contribution in [3.63, 3.8) is 0 Å². The van der Waals surface area contributed by atoms with E-state index in [-0.39, 0.29) is 11.5 Å². The lowest BCUT2D eigenvalue weighted by molar-refractivity contribution is -0.138. The largest absolute Gasteiger partial charge is 0.462 e. The summed E-state index contributed by atoms with van der Waals surface area (Å²) < 4.78 is 9.37. The van der Waals surface area contributed by atoms with Crippen molar-refractivity contribution in [3.05, 3.63) is 59.7 Å². The minimum absolute atomic E-state index is 0.142. The summed E-state index contributed by atoms with van der Waals surface area (Å²) >= 11 is 0. The summed E-state index contributed by atoms with van der Waals surface area (Å²) in [5.41, 5.74) is 4.61. The quantitative estimate of drug-likeness (QED) is 0.802. The second-order valence-electron chi connectivity index (χ2n) is 6.45. The van der Waals surface area contributed by atoms with Crippen molar-refractivity contribution in [1.82, 2.24) is 0 Å². The molecule has 0 heterocycles. The minimum atomic E-state index is -0.318. The molecule has 0 amide bonds. The monoisotopic (exact) mass is 325 g/mol. The average molecular weight is 325 g/mol. The lowest BCUT2D eigenvalue weighted by atomic mass is 9.98. The van der Waals surface area contributed by atoms with E-state index in [1.165, 1.54) is 28.7 Å². The molecule has 0 bridgehead atoms. The normalized spacial score (nSPS) is 12.3. The molecule has 0 atom stereocenters. The van der Waals surface area contributed by atoms with Crippen molar-refractivity contribution in [1.29, 1.82) is 0 Å². The highest BCUT2D eigenvalue weighted by atomic mass is 16.5. The predicted molar refractivity (Wildman–Crippen MR) is 92.3 cm³/mol. The van der Waals surface area contributed by atoms with E-state index in [2.05, 4.69) is 29.0 Å². The van der Waals surface area contributed by atoms with Crippen LogP contribution in [0.5, 0.6) is 0 Å². The molecule has 0 N–H and O–H groups in total. The standard InChI is InChI=1S/C15H11O2.C5H10O2/c16-10-17-9-15-13-7-3-1-5-11(13)12-6-2-4-8-14(12)15;1-5(2,3)7-4-6/h1-8,15H,9H2;4H,1-3H3. The van der Waals surface area contributed by atoms with Gasteiger partial charge in [0.15, 0.2) is 0 Å². The Bertz CT molecular complexity index is 655. The van der Waals surface area contributed by atoms with Crippen LogP contribution in [0.2, 0.25) is 0 Å². The van der Waals surface area contributed by atoms with Crippen molar-refractivity contribution in [3.8, 4) is 11.1 Å². The molecule has 4 nitrogen and oxygen atoms in total. The molecule has 0 fully saturated rings. The van der Waals surface area contributed by atoms with Crippen LogP contribution in [0.4, 0.5) is 0 Å². The Morgan fingerprint density at radius 2 is 1.50 bits per heavy atom. The lowest BCUT2D eigenvalue weighted by Gasteiger charge is -2.14. The van der Waals surface area contributed by atoms with E-state index >= 15 is 0 Å². The highest BCUT2D eigenvalue weighted by Gasteiger charge is 2.28. The molecular weight excluding hydrogens is 304 g/mol. The number of hydrogen-bond donors (Lipinski definition) is 0. The maximum Gasteiger partial charge on any atom is 0.417 e. The van der Waals surface area contributed by atoms with Crippen LogP contribution in [0.1, 0.15) is 37.8 Å². The van der Waals surface area contributed by atoms with Gasteiger partial charge in [-0.05, 0) is 43.0 Å². The molecule has 0 aliphatic heterocycles. The van der Waals surface area contributed by atoms with Gasteiger partial charge in [-0.3, -0.25) is 4.79 Å². The summed E-state index contributed by atoms with van der Waals surface area (Å²) in [5, 5.41) is 0. The molecule has 4 heteroatoms. The number of fused-ring (bicyclic) bond motifs is 3. The predicted octanol–water partition coefficient (Wildman–Crippen LogP) is 3.84. The van der Waals surface area contributed by atoms with Gasteiger partial charge in [0.25, 0.3) is 6.47 Å². The molecule has 0 saturated carbocycles. The third kappa shape index (κ3) is 4.22. The Hall–Kier alpha value is -2.62. The van der Waals surface area contributed by atoms with Crippen LogP contribution in [0.3, 0.4) is 0 Å². The van der Waals surface area contributed by atoms with Gasteiger partial charge in [0.1, 0.15) is 12.2 Å². The number of rotatable bonds is 4. The number of benzene rings is 2. The van der Waals surface area contributed by atoms with E-state index < -0.39 is 0 Å². The van der Waals surface area contributed by atoms with Crippen molar-refractivity contribution >= 4 is 12.9 Å². The number of carbonyl (C=O) groups is 1. The van der Waals surface area contributed by atoms with Gasteiger partial charge in [0.2, 0.25) is 0 Å².